The molecule has 0 aliphatic carbocycles. The number of aryl methyl sites for hydroxylation is 1. The van der Waals surface area contributed by atoms with Crippen LogP contribution in [-0.4, -0.2) is 29.2 Å². The molecule has 1 atom stereocenters. The highest BCUT2D eigenvalue weighted by atomic mass is 79.9. The molecule has 0 aliphatic heterocycles. The Morgan fingerprint density at radius 2 is 2.06 bits per heavy atom. The molecule has 0 bridgehead atoms. The molecule has 1 unspecified atom stereocenters. The first-order valence-corrected chi connectivity index (χ1v) is 6.10. The molecule has 0 spiro atoms. The minimum atomic E-state index is -0.827. The fourth-order valence-electron chi connectivity index (χ4n) is 1.50. The Morgan fingerprint density at radius 3 is 2.59 bits per heavy atom. The highest BCUT2D eigenvalue weighted by Crippen LogP contribution is 2.18. The highest BCUT2D eigenvalue weighted by Gasteiger charge is 2.22. The SMILES string of the molecule is Cc1ccc(F)c(C(=O)N(C)CC(C)Br)c1F. The van der Waals surface area contributed by atoms with Crippen molar-refractivity contribution in [1.29, 1.82) is 0 Å². The summed E-state index contributed by atoms with van der Waals surface area (Å²) in [4.78, 5) is 13.3. The van der Waals surface area contributed by atoms with Crippen molar-refractivity contribution in [1.82, 2.24) is 4.90 Å². The van der Waals surface area contributed by atoms with Crippen LogP contribution in [-0.2, 0) is 0 Å². The van der Waals surface area contributed by atoms with Crippen LogP contribution in [0.1, 0.15) is 22.8 Å². The summed E-state index contributed by atoms with van der Waals surface area (Å²) < 4.78 is 27.2. The van der Waals surface area contributed by atoms with Gasteiger partial charge in [0.2, 0.25) is 0 Å². The van der Waals surface area contributed by atoms with Crippen LogP contribution in [0.15, 0.2) is 12.1 Å². The predicted octanol–water partition coefficient (Wildman–Crippen LogP) is 3.13. The molecule has 94 valence electrons. The Bertz CT molecular complexity index is 435. The number of alkyl halides is 1. The molecule has 0 N–H and O–H groups in total. The maximum Gasteiger partial charge on any atom is 0.259 e. The predicted molar refractivity (Wildman–Crippen MR) is 66.4 cm³/mol. The smallest absolute Gasteiger partial charge is 0.259 e. The van der Waals surface area contributed by atoms with Crippen LogP contribution < -0.4 is 0 Å². The summed E-state index contributed by atoms with van der Waals surface area (Å²) in [6.07, 6.45) is 0. The number of hydrogen-bond acceptors (Lipinski definition) is 1. The summed E-state index contributed by atoms with van der Waals surface area (Å²) in [7, 11) is 1.52. The maximum absolute atomic E-state index is 13.7. The van der Waals surface area contributed by atoms with Crippen LogP contribution in [0.4, 0.5) is 8.78 Å². The number of benzene rings is 1. The van der Waals surface area contributed by atoms with Crippen LogP contribution >= 0.6 is 15.9 Å². The van der Waals surface area contributed by atoms with E-state index in [0.717, 1.165) is 6.07 Å². The monoisotopic (exact) mass is 305 g/mol. The number of carbonyl (C=O) groups is 1. The van der Waals surface area contributed by atoms with E-state index in [2.05, 4.69) is 15.9 Å². The number of hydrogen-bond donors (Lipinski definition) is 0. The molecule has 0 aromatic heterocycles. The Hall–Kier alpha value is -0.970. The molecule has 2 nitrogen and oxygen atoms in total. The second-order valence-electron chi connectivity index (χ2n) is 4.02. The van der Waals surface area contributed by atoms with E-state index in [9.17, 15) is 13.6 Å². The van der Waals surface area contributed by atoms with Crippen molar-refractivity contribution in [3.63, 3.8) is 0 Å². The first-order valence-electron chi connectivity index (χ1n) is 5.18. The lowest BCUT2D eigenvalue weighted by molar-refractivity contribution is 0.0787. The molecule has 1 aromatic carbocycles. The van der Waals surface area contributed by atoms with Gasteiger partial charge in [0.05, 0.1) is 0 Å². The number of amides is 1. The zero-order chi connectivity index (χ0) is 13.2. The summed E-state index contributed by atoms with van der Waals surface area (Å²) >= 11 is 3.29. The quantitative estimate of drug-likeness (QED) is 0.786. The van der Waals surface area contributed by atoms with E-state index in [1.165, 1.54) is 24.9 Å². The molecule has 0 saturated heterocycles. The van der Waals surface area contributed by atoms with E-state index in [-0.39, 0.29) is 10.4 Å². The molecule has 1 amide bonds. The van der Waals surface area contributed by atoms with Gasteiger partial charge in [0.15, 0.2) is 0 Å². The van der Waals surface area contributed by atoms with E-state index in [0.29, 0.717) is 6.54 Å². The topological polar surface area (TPSA) is 20.3 Å². The lowest BCUT2D eigenvalue weighted by Gasteiger charge is -2.19. The van der Waals surface area contributed by atoms with E-state index >= 15 is 0 Å². The standard InChI is InChI=1S/C12H14BrF2NO/c1-7-4-5-9(14)10(11(7)15)12(17)16(3)6-8(2)13/h4-5,8H,6H2,1-3H3. The summed E-state index contributed by atoms with van der Waals surface area (Å²) in [6, 6.07) is 2.42. The number of rotatable bonds is 3. The Balaban J connectivity index is 3.08. The van der Waals surface area contributed by atoms with Gasteiger partial charge < -0.3 is 4.90 Å². The molecule has 5 heteroatoms. The zero-order valence-electron chi connectivity index (χ0n) is 9.93. The van der Waals surface area contributed by atoms with Crippen LogP contribution in [0.25, 0.3) is 0 Å². The van der Waals surface area contributed by atoms with Crippen LogP contribution in [0.3, 0.4) is 0 Å². The number of nitrogens with zero attached hydrogens (tertiary/aromatic N) is 1. The molecule has 1 aromatic rings. The summed E-state index contributed by atoms with van der Waals surface area (Å²) in [6.45, 7) is 3.73. The molecular formula is C12H14BrF2NO. The lowest BCUT2D eigenvalue weighted by atomic mass is 10.1. The van der Waals surface area contributed by atoms with Crippen LogP contribution in [0.2, 0.25) is 0 Å². The van der Waals surface area contributed by atoms with Gasteiger partial charge in [0.1, 0.15) is 17.2 Å². The van der Waals surface area contributed by atoms with Gasteiger partial charge in [-0.3, -0.25) is 4.79 Å². The van der Waals surface area contributed by atoms with Gasteiger partial charge in [-0.25, -0.2) is 8.78 Å². The molecular weight excluding hydrogens is 292 g/mol. The van der Waals surface area contributed by atoms with Crippen molar-refractivity contribution in [3.05, 3.63) is 34.9 Å². The van der Waals surface area contributed by atoms with Gasteiger partial charge in [0, 0.05) is 18.4 Å². The molecule has 0 fully saturated rings. The van der Waals surface area contributed by atoms with Gasteiger partial charge in [-0.15, -0.1) is 0 Å². The van der Waals surface area contributed by atoms with Crippen molar-refractivity contribution < 1.29 is 13.6 Å². The van der Waals surface area contributed by atoms with Crippen LogP contribution in [0, 0.1) is 18.6 Å². The number of halogens is 3. The fourth-order valence-corrected chi connectivity index (χ4v) is 1.94. The molecule has 1 rings (SSSR count). The zero-order valence-corrected chi connectivity index (χ0v) is 11.5. The second kappa shape index (κ2) is 5.58. The van der Waals surface area contributed by atoms with Gasteiger partial charge in [-0.1, -0.05) is 28.9 Å². The number of carbonyl (C=O) groups excluding carboxylic acids is 1. The second-order valence-corrected chi connectivity index (χ2v) is 5.58. The Labute approximate surface area is 108 Å². The summed E-state index contributed by atoms with van der Waals surface area (Å²) in [5, 5.41) is 0. The normalized spacial score (nSPS) is 12.4. The molecule has 0 saturated carbocycles. The van der Waals surface area contributed by atoms with Gasteiger partial charge >= 0.3 is 0 Å². The third-order valence-electron chi connectivity index (χ3n) is 2.37. The molecule has 0 aliphatic rings. The first kappa shape index (κ1) is 14.1. The van der Waals surface area contributed by atoms with Gasteiger partial charge in [0.25, 0.3) is 5.91 Å². The van der Waals surface area contributed by atoms with Crippen molar-refractivity contribution in [2.24, 2.45) is 0 Å². The minimum Gasteiger partial charge on any atom is -0.340 e. The summed E-state index contributed by atoms with van der Waals surface area (Å²) in [5.41, 5.74) is -0.226. The third kappa shape index (κ3) is 3.25. The molecule has 17 heavy (non-hydrogen) atoms. The Kier molecular flexibility index (Phi) is 4.62. The first-order chi connectivity index (χ1) is 7.84. The third-order valence-corrected chi connectivity index (χ3v) is 2.66. The van der Waals surface area contributed by atoms with Crippen molar-refractivity contribution >= 4 is 21.8 Å². The minimum absolute atomic E-state index is 0.0624. The van der Waals surface area contributed by atoms with E-state index < -0.39 is 23.1 Å². The maximum atomic E-state index is 13.7. The fraction of sp³-hybridized carbons (Fsp3) is 0.417. The van der Waals surface area contributed by atoms with Gasteiger partial charge in [-0.2, -0.15) is 0 Å². The van der Waals surface area contributed by atoms with Crippen molar-refractivity contribution in [2.45, 2.75) is 18.7 Å². The Morgan fingerprint density at radius 1 is 1.47 bits per heavy atom. The average Bonchev–Trinajstić information content (AvgIpc) is 2.23. The van der Waals surface area contributed by atoms with Crippen molar-refractivity contribution in [2.75, 3.05) is 13.6 Å². The molecule has 0 heterocycles. The van der Waals surface area contributed by atoms with Crippen molar-refractivity contribution in [3.8, 4) is 0 Å². The molecule has 0 radical (unpaired) electrons. The lowest BCUT2D eigenvalue weighted by Crippen LogP contribution is -2.32. The van der Waals surface area contributed by atoms with Crippen LogP contribution in [0.5, 0.6) is 0 Å². The average molecular weight is 306 g/mol. The summed E-state index contributed by atoms with van der Waals surface area (Å²) in [5.74, 6) is -2.26. The van der Waals surface area contributed by atoms with E-state index in [1.807, 2.05) is 6.92 Å². The van der Waals surface area contributed by atoms with E-state index in [4.69, 9.17) is 0 Å². The highest BCUT2D eigenvalue weighted by molar-refractivity contribution is 9.09. The van der Waals surface area contributed by atoms with Gasteiger partial charge in [-0.05, 0) is 18.6 Å². The largest absolute Gasteiger partial charge is 0.340 e. The van der Waals surface area contributed by atoms with E-state index in [1.54, 1.807) is 0 Å².